The van der Waals surface area contributed by atoms with Crippen molar-refractivity contribution in [3.05, 3.63) is 70.8 Å². The molecule has 0 fully saturated rings. The van der Waals surface area contributed by atoms with Crippen molar-refractivity contribution in [2.45, 2.75) is 20.0 Å². The molecular formula is C16H14F2NO. The van der Waals surface area contributed by atoms with Crippen LogP contribution in [0.2, 0.25) is 0 Å². The third-order valence-electron chi connectivity index (χ3n) is 2.85. The molecule has 0 aliphatic rings. The molecule has 2 nitrogen and oxygen atoms in total. The molecule has 1 radical (unpaired) electrons. The average molecular weight is 274 g/mol. The molecular weight excluding hydrogens is 260 g/mol. The van der Waals surface area contributed by atoms with Gasteiger partial charge in [-0.1, -0.05) is 36.3 Å². The summed E-state index contributed by atoms with van der Waals surface area (Å²) in [7, 11) is 0. The maximum absolute atomic E-state index is 13.3. The monoisotopic (exact) mass is 274 g/mol. The SMILES string of the molecule is CCc1cccc(/[C]=N\OCc2c(F)cccc2F)c1. The van der Waals surface area contributed by atoms with Gasteiger partial charge in [-0.05, 0) is 30.2 Å². The minimum absolute atomic E-state index is 0.139. The van der Waals surface area contributed by atoms with E-state index in [4.69, 9.17) is 4.84 Å². The molecule has 0 bridgehead atoms. The van der Waals surface area contributed by atoms with Gasteiger partial charge in [-0.3, -0.25) is 0 Å². The second-order valence-electron chi connectivity index (χ2n) is 4.23. The van der Waals surface area contributed by atoms with Crippen LogP contribution in [0.3, 0.4) is 0 Å². The Balaban J connectivity index is 1.97. The van der Waals surface area contributed by atoms with Crippen LogP contribution in [-0.2, 0) is 17.9 Å². The Labute approximate surface area is 116 Å². The van der Waals surface area contributed by atoms with Crippen LogP contribution in [0.1, 0.15) is 23.6 Å². The molecule has 0 aliphatic carbocycles. The third kappa shape index (κ3) is 3.63. The number of nitrogens with zero attached hydrogens (tertiary/aromatic N) is 1. The smallest absolute Gasteiger partial charge is 0.148 e. The number of hydrogen-bond donors (Lipinski definition) is 0. The van der Waals surface area contributed by atoms with Gasteiger partial charge < -0.3 is 4.84 Å². The molecule has 4 heteroatoms. The second kappa shape index (κ2) is 6.80. The maximum Gasteiger partial charge on any atom is 0.148 e. The lowest BCUT2D eigenvalue weighted by atomic mass is 10.1. The molecule has 0 saturated carbocycles. The van der Waals surface area contributed by atoms with Crippen LogP contribution >= 0.6 is 0 Å². The van der Waals surface area contributed by atoms with Gasteiger partial charge in [0.2, 0.25) is 0 Å². The first-order valence-corrected chi connectivity index (χ1v) is 6.30. The summed E-state index contributed by atoms with van der Waals surface area (Å²) in [4.78, 5) is 4.89. The molecule has 0 amide bonds. The second-order valence-corrected chi connectivity index (χ2v) is 4.23. The van der Waals surface area contributed by atoms with Gasteiger partial charge in [0, 0.05) is 5.56 Å². The molecule has 0 N–H and O–H groups in total. The number of halogens is 2. The van der Waals surface area contributed by atoms with Crippen molar-refractivity contribution < 1.29 is 13.6 Å². The Bertz CT molecular complexity index is 591. The van der Waals surface area contributed by atoms with Crippen LogP contribution < -0.4 is 0 Å². The summed E-state index contributed by atoms with van der Waals surface area (Å²) < 4.78 is 26.6. The summed E-state index contributed by atoms with van der Waals surface area (Å²) in [5.74, 6) is -1.29. The zero-order valence-electron chi connectivity index (χ0n) is 11.1. The van der Waals surface area contributed by atoms with Gasteiger partial charge in [0.05, 0.1) is 5.56 Å². The third-order valence-corrected chi connectivity index (χ3v) is 2.85. The largest absolute Gasteiger partial charge is 0.390 e. The zero-order chi connectivity index (χ0) is 14.4. The molecule has 2 aromatic carbocycles. The summed E-state index contributed by atoms with van der Waals surface area (Å²) >= 11 is 0. The van der Waals surface area contributed by atoms with Crippen LogP contribution in [0, 0.1) is 11.6 Å². The first-order valence-electron chi connectivity index (χ1n) is 6.30. The summed E-state index contributed by atoms with van der Waals surface area (Å²) in [5.41, 5.74) is 1.78. The lowest BCUT2D eigenvalue weighted by Gasteiger charge is -2.02. The topological polar surface area (TPSA) is 21.6 Å². The van der Waals surface area contributed by atoms with Crippen LogP contribution in [0.25, 0.3) is 0 Å². The maximum atomic E-state index is 13.3. The van der Waals surface area contributed by atoms with Crippen LogP contribution in [0.4, 0.5) is 8.78 Å². The summed E-state index contributed by atoms with van der Waals surface area (Å²) in [5, 5.41) is 3.61. The number of benzene rings is 2. The lowest BCUT2D eigenvalue weighted by molar-refractivity contribution is 0.126. The molecule has 0 heterocycles. The average Bonchev–Trinajstić information content (AvgIpc) is 2.46. The van der Waals surface area contributed by atoms with E-state index in [2.05, 4.69) is 11.4 Å². The highest BCUT2D eigenvalue weighted by Gasteiger charge is 2.08. The molecule has 2 aromatic rings. The molecule has 0 atom stereocenters. The molecule has 0 spiro atoms. The number of aryl methyl sites for hydroxylation is 1. The Morgan fingerprint density at radius 1 is 1.10 bits per heavy atom. The van der Waals surface area contributed by atoms with Gasteiger partial charge in [0.15, 0.2) is 0 Å². The highest BCUT2D eigenvalue weighted by molar-refractivity contribution is 5.79. The van der Waals surface area contributed by atoms with Gasteiger partial charge >= 0.3 is 0 Å². The predicted octanol–water partition coefficient (Wildman–Crippen LogP) is 3.95. The highest BCUT2D eigenvalue weighted by Crippen LogP contribution is 2.13. The first-order chi connectivity index (χ1) is 9.70. The van der Waals surface area contributed by atoms with Crippen LogP contribution in [0.15, 0.2) is 47.6 Å². The molecule has 103 valence electrons. The molecule has 0 saturated heterocycles. The Morgan fingerprint density at radius 2 is 1.80 bits per heavy atom. The van der Waals surface area contributed by atoms with E-state index in [1.54, 1.807) is 0 Å². The number of hydrogen-bond acceptors (Lipinski definition) is 2. The quantitative estimate of drug-likeness (QED) is 0.597. The Morgan fingerprint density at radius 3 is 2.50 bits per heavy atom. The molecule has 2 rings (SSSR count). The van der Waals surface area contributed by atoms with Gasteiger partial charge in [0.1, 0.15) is 24.5 Å². The molecule has 20 heavy (non-hydrogen) atoms. The minimum Gasteiger partial charge on any atom is -0.390 e. The van der Waals surface area contributed by atoms with E-state index < -0.39 is 11.6 Å². The van der Waals surface area contributed by atoms with Gasteiger partial charge in [-0.25, -0.2) is 8.78 Å². The summed E-state index contributed by atoms with van der Waals surface area (Å²) in [6.45, 7) is 1.78. The van der Waals surface area contributed by atoms with Crippen molar-refractivity contribution in [1.29, 1.82) is 0 Å². The van der Waals surface area contributed by atoms with E-state index in [9.17, 15) is 8.78 Å². The predicted molar refractivity (Wildman–Crippen MR) is 73.5 cm³/mol. The van der Waals surface area contributed by atoms with Gasteiger partial charge in [0.25, 0.3) is 0 Å². The Hall–Kier alpha value is -2.23. The number of rotatable bonds is 5. The van der Waals surface area contributed by atoms with Gasteiger partial charge in [-0.2, -0.15) is 0 Å². The fourth-order valence-corrected chi connectivity index (χ4v) is 1.71. The standard InChI is InChI=1S/C16H14F2NO/c1-2-12-5-3-6-13(9-12)10-19-20-11-14-15(17)7-4-8-16(14)18/h3-9H,2,11H2,1H3. The molecule has 0 unspecified atom stereocenters. The normalized spacial score (nSPS) is 10.9. The zero-order valence-corrected chi connectivity index (χ0v) is 11.1. The fraction of sp³-hybridized carbons (Fsp3) is 0.188. The summed E-state index contributed by atoms with van der Waals surface area (Å²) in [6, 6.07) is 11.3. The molecule has 0 aliphatic heterocycles. The van der Waals surface area contributed by atoms with Crippen molar-refractivity contribution in [1.82, 2.24) is 0 Å². The van der Waals surface area contributed by atoms with Crippen molar-refractivity contribution >= 4 is 6.21 Å². The summed E-state index contributed by atoms with van der Waals surface area (Å²) in [6.07, 6.45) is 3.60. The van der Waals surface area contributed by atoms with Crippen molar-refractivity contribution in [3.63, 3.8) is 0 Å². The minimum atomic E-state index is -0.645. The van der Waals surface area contributed by atoms with Crippen molar-refractivity contribution in [3.8, 4) is 0 Å². The van der Waals surface area contributed by atoms with E-state index >= 15 is 0 Å². The van der Waals surface area contributed by atoms with Crippen LogP contribution in [0.5, 0.6) is 0 Å². The van der Waals surface area contributed by atoms with E-state index in [1.807, 2.05) is 31.2 Å². The van der Waals surface area contributed by atoms with E-state index in [-0.39, 0.29) is 12.2 Å². The lowest BCUT2D eigenvalue weighted by Crippen LogP contribution is -1.96. The Kier molecular flexibility index (Phi) is 4.82. The van der Waals surface area contributed by atoms with E-state index in [1.165, 1.54) is 18.2 Å². The highest BCUT2D eigenvalue weighted by atomic mass is 19.1. The van der Waals surface area contributed by atoms with Crippen LogP contribution in [-0.4, -0.2) is 6.21 Å². The fourth-order valence-electron chi connectivity index (χ4n) is 1.71. The molecule has 0 aromatic heterocycles. The van der Waals surface area contributed by atoms with E-state index in [0.29, 0.717) is 0 Å². The van der Waals surface area contributed by atoms with Crippen molar-refractivity contribution in [2.24, 2.45) is 5.16 Å². The van der Waals surface area contributed by atoms with Crippen molar-refractivity contribution in [2.75, 3.05) is 0 Å². The first kappa shape index (κ1) is 14.2. The van der Waals surface area contributed by atoms with E-state index in [0.717, 1.165) is 17.5 Å². The van der Waals surface area contributed by atoms with Gasteiger partial charge in [-0.15, -0.1) is 0 Å².